The number of rotatable bonds is 7. The molecule has 4 rings (SSSR count). The Morgan fingerprint density at radius 3 is 2.54 bits per heavy atom. The van der Waals surface area contributed by atoms with Crippen LogP contribution in [0.2, 0.25) is 0 Å². The molecular weight excluding hydrogens is 517 g/mol. The van der Waals surface area contributed by atoms with Gasteiger partial charge in [0.1, 0.15) is 18.4 Å². The summed E-state index contributed by atoms with van der Waals surface area (Å²) in [4.78, 5) is 28.7. The number of hydrogen-bond acceptors (Lipinski definition) is 7. The van der Waals surface area contributed by atoms with Gasteiger partial charge in [-0.05, 0) is 30.5 Å². The quantitative estimate of drug-likeness (QED) is 0.345. The fourth-order valence-corrected chi connectivity index (χ4v) is 5.65. The molecule has 0 saturated carbocycles. The predicted octanol–water partition coefficient (Wildman–Crippen LogP) is 3.58. The van der Waals surface area contributed by atoms with Gasteiger partial charge in [0.05, 0.1) is 15.2 Å². The molecule has 2 N–H and O–H groups in total. The number of likely N-dealkylation sites (tertiary alicyclic amines) is 1. The van der Waals surface area contributed by atoms with Gasteiger partial charge in [-0.2, -0.15) is 13.2 Å². The molecule has 0 radical (unpaired) electrons. The van der Waals surface area contributed by atoms with Gasteiger partial charge in [0.2, 0.25) is 0 Å². The lowest BCUT2D eigenvalue weighted by atomic mass is 10.0. The van der Waals surface area contributed by atoms with E-state index >= 15 is 0 Å². The summed E-state index contributed by atoms with van der Waals surface area (Å²) in [7, 11) is -4.05. The lowest BCUT2D eigenvalue weighted by Crippen LogP contribution is -2.43. The van der Waals surface area contributed by atoms with Crippen LogP contribution in [0.5, 0.6) is 0 Å². The van der Waals surface area contributed by atoms with Crippen molar-refractivity contribution in [3.63, 3.8) is 0 Å². The molecule has 1 aliphatic rings. The number of carbonyl (C=O) groups excluding carboxylic acids is 1. The lowest BCUT2D eigenvalue weighted by molar-refractivity contribution is -0.384. The molecule has 1 aliphatic heterocycles. The van der Waals surface area contributed by atoms with Gasteiger partial charge in [0.25, 0.3) is 10.0 Å². The van der Waals surface area contributed by atoms with E-state index in [1.807, 2.05) is 12.2 Å². The highest BCUT2D eigenvalue weighted by Crippen LogP contribution is 2.36. The number of pyridine rings is 1. The summed E-state index contributed by atoms with van der Waals surface area (Å²) in [5.41, 5.74) is -0.432. The van der Waals surface area contributed by atoms with Gasteiger partial charge < -0.3 is 15.5 Å². The molecule has 2 aromatic heterocycles. The minimum atomic E-state index is -4.56. The molecule has 0 bridgehead atoms. The zero-order chi connectivity index (χ0) is 27.0. The van der Waals surface area contributed by atoms with E-state index in [0.717, 1.165) is 10.2 Å². The van der Waals surface area contributed by atoms with Gasteiger partial charge >= 0.3 is 17.9 Å². The van der Waals surface area contributed by atoms with Crippen molar-refractivity contribution >= 4 is 38.5 Å². The monoisotopic (exact) mass is 540 g/mol. The summed E-state index contributed by atoms with van der Waals surface area (Å²) in [6, 6.07) is 7.56. The molecule has 2 unspecified atom stereocenters. The van der Waals surface area contributed by atoms with E-state index in [1.54, 1.807) is 18.2 Å². The zero-order valence-corrected chi connectivity index (χ0v) is 20.3. The summed E-state index contributed by atoms with van der Waals surface area (Å²) in [6.45, 7) is 0.489. The Bertz CT molecular complexity index is 1430. The van der Waals surface area contributed by atoms with Crippen molar-refractivity contribution in [1.29, 1.82) is 0 Å². The number of aromatic nitrogens is 2. The molecule has 1 fully saturated rings. The third-order valence-corrected chi connectivity index (χ3v) is 7.86. The standard InChI is InChI=1S/C22H23F3N6O5S/c1-2-14-11-29(21(32)27-13-22(23,24)25)12-17(14)28-19-16-8-9-30(20(16)26-10-18(19)31(33)34)37(35,36)15-6-4-3-5-7-15/h3-10,14,17H,2,11-13H2,1H3,(H,26,28)(H,27,32). The number of carbonyl (C=O) groups is 1. The molecule has 1 saturated heterocycles. The Kier molecular flexibility index (Phi) is 6.99. The first-order chi connectivity index (χ1) is 17.4. The minimum Gasteiger partial charge on any atom is -0.374 e. The van der Waals surface area contributed by atoms with Gasteiger partial charge in [-0.1, -0.05) is 25.1 Å². The van der Waals surface area contributed by atoms with Crippen LogP contribution in [0.3, 0.4) is 0 Å². The average Bonchev–Trinajstić information content (AvgIpc) is 3.47. The SMILES string of the molecule is CCC1CN(C(=O)NCC(F)(F)F)CC1Nc1c([N+](=O)[O-])cnc2c1ccn2S(=O)(=O)c1ccccc1. The van der Waals surface area contributed by atoms with Crippen LogP contribution in [-0.4, -0.2) is 65.1 Å². The first-order valence-corrected chi connectivity index (χ1v) is 12.7. The Morgan fingerprint density at radius 1 is 1.22 bits per heavy atom. The van der Waals surface area contributed by atoms with Gasteiger partial charge in [-0.15, -0.1) is 0 Å². The van der Waals surface area contributed by atoms with E-state index in [-0.39, 0.29) is 40.6 Å². The normalized spacial score (nSPS) is 18.2. The number of benzene rings is 1. The van der Waals surface area contributed by atoms with Crippen LogP contribution in [-0.2, 0) is 10.0 Å². The lowest BCUT2D eigenvalue weighted by Gasteiger charge is -2.20. The highest BCUT2D eigenvalue weighted by Gasteiger charge is 2.37. The molecule has 37 heavy (non-hydrogen) atoms. The molecule has 198 valence electrons. The fraction of sp³-hybridized carbons (Fsp3) is 0.364. The van der Waals surface area contributed by atoms with Crippen molar-refractivity contribution in [2.45, 2.75) is 30.5 Å². The molecule has 0 aliphatic carbocycles. The first kappa shape index (κ1) is 26.2. The number of urea groups is 1. The summed E-state index contributed by atoms with van der Waals surface area (Å²) in [6.07, 6.45) is -1.83. The molecule has 15 heteroatoms. The van der Waals surface area contributed by atoms with Crippen molar-refractivity contribution in [2.75, 3.05) is 25.0 Å². The third-order valence-electron chi connectivity index (χ3n) is 6.18. The van der Waals surface area contributed by atoms with Crippen LogP contribution in [0.15, 0.2) is 53.7 Å². The smallest absolute Gasteiger partial charge is 0.374 e. The number of nitro groups is 1. The topological polar surface area (TPSA) is 139 Å². The molecule has 2 atom stereocenters. The van der Waals surface area contributed by atoms with Crippen LogP contribution < -0.4 is 10.6 Å². The number of nitrogens with one attached hydrogen (secondary N) is 2. The highest BCUT2D eigenvalue weighted by atomic mass is 32.2. The first-order valence-electron chi connectivity index (χ1n) is 11.2. The van der Waals surface area contributed by atoms with Crippen molar-refractivity contribution in [3.05, 3.63) is 58.9 Å². The molecule has 1 aromatic carbocycles. The van der Waals surface area contributed by atoms with Crippen molar-refractivity contribution in [2.24, 2.45) is 5.92 Å². The van der Waals surface area contributed by atoms with E-state index in [2.05, 4.69) is 10.3 Å². The number of alkyl halides is 3. The number of halogens is 3. The third kappa shape index (κ3) is 5.30. The van der Waals surface area contributed by atoms with Crippen LogP contribution in [0.4, 0.5) is 29.3 Å². The van der Waals surface area contributed by atoms with Crippen LogP contribution in [0, 0.1) is 16.0 Å². The van der Waals surface area contributed by atoms with E-state index in [0.29, 0.717) is 6.42 Å². The predicted molar refractivity (Wildman–Crippen MR) is 128 cm³/mol. The maximum atomic E-state index is 13.2. The number of anilines is 1. The van der Waals surface area contributed by atoms with Crippen LogP contribution in [0.1, 0.15) is 13.3 Å². The zero-order valence-electron chi connectivity index (χ0n) is 19.5. The number of amides is 2. The van der Waals surface area contributed by atoms with Gasteiger partial charge in [0.15, 0.2) is 5.65 Å². The molecule has 0 spiro atoms. The van der Waals surface area contributed by atoms with E-state index in [9.17, 15) is 36.5 Å². The van der Waals surface area contributed by atoms with Gasteiger partial charge in [-0.25, -0.2) is 22.2 Å². The second kappa shape index (κ2) is 9.88. The van der Waals surface area contributed by atoms with Crippen LogP contribution >= 0.6 is 0 Å². The van der Waals surface area contributed by atoms with Crippen molar-refractivity contribution < 1.29 is 31.3 Å². The molecule has 2 amide bonds. The van der Waals surface area contributed by atoms with E-state index in [4.69, 9.17) is 0 Å². The summed E-state index contributed by atoms with van der Waals surface area (Å²) < 4.78 is 64.8. The summed E-state index contributed by atoms with van der Waals surface area (Å²) in [5.74, 6) is -0.227. The second-order valence-corrected chi connectivity index (χ2v) is 10.4. The summed E-state index contributed by atoms with van der Waals surface area (Å²) in [5, 5.41) is 16.9. The Balaban J connectivity index is 1.68. The maximum absolute atomic E-state index is 13.2. The second-order valence-electron chi connectivity index (χ2n) is 8.54. The fourth-order valence-electron chi connectivity index (χ4n) is 4.33. The summed E-state index contributed by atoms with van der Waals surface area (Å²) >= 11 is 0. The number of fused-ring (bicyclic) bond motifs is 1. The Labute approximate surface area is 209 Å². The Hall–Kier alpha value is -3.88. The minimum absolute atomic E-state index is 0.00418. The van der Waals surface area contributed by atoms with Crippen molar-refractivity contribution in [1.82, 2.24) is 19.2 Å². The molecule has 3 aromatic rings. The van der Waals surface area contributed by atoms with Gasteiger partial charge in [0, 0.05) is 25.3 Å². The molecule has 11 nitrogen and oxygen atoms in total. The maximum Gasteiger partial charge on any atom is 0.405 e. The van der Waals surface area contributed by atoms with Crippen LogP contribution in [0.25, 0.3) is 11.0 Å². The van der Waals surface area contributed by atoms with E-state index < -0.39 is 45.4 Å². The number of hydrogen-bond donors (Lipinski definition) is 2. The van der Waals surface area contributed by atoms with E-state index in [1.165, 1.54) is 29.3 Å². The highest BCUT2D eigenvalue weighted by molar-refractivity contribution is 7.90. The molecule has 3 heterocycles. The molecular formula is C22H23F3N6O5S. The Morgan fingerprint density at radius 2 is 1.92 bits per heavy atom. The largest absolute Gasteiger partial charge is 0.405 e. The van der Waals surface area contributed by atoms with Crippen molar-refractivity contribution in [3.8, 4) is 0 Å². The van der Waals surface area contributed by atoms with Gasteiger partial charge in [-0.3, -0.25) is 10.1 Å². The number of nitrogens with zero attached hydrogens (tertiary/aromatic N) is 4. The average molecular weight is 541 g/mol.